The van der Waals surface area contributed by atoms with E-state index < -0.39 is 0 Å². The maximum atomic E-state index is 13.5. The predicted molar refractivity (Wildman–Crippen MR) is 76.2 cm³/mol. The average Bonchev–Trinajstić information content (AvgIpc) is 2.43. The monoisotopic (exact) mass is 259 g/mol. The molecule has 2 aromatic rings. The van der Waals surface area contributed by atoms with Gasteiger partial charge in [0.1, 0.15) is 11.6 Å². The molecule has 1 atom stereocenters. The van der Waals surface area contributed by atoms with Crippen LogP contribution in [0.3, 0.4) is 0 Å². The summed E-state index contributed by atoms with van der Waals surface area (Å²) in [5, 5.41) is 3.28. The highest BCUT2D eigenvalue weighted by Crippen LogP contribution is 2.22. The lowest BCUT2D eigenvalue weighted by Gasteiger charge is -2.16. The molecule has 100 valence electrons. The molecule has 0 aliphatic heterocycles. The van der Waals surface area contributed by atoms with Gasteiger partial charge in [0.15, 0.2) is 0 Å². The van der Waals surface area contributed by atoms with Crippen molar-refractivity contribution in [2.45, 2.75) is 19.9 Å². The summed E-state index contributed by atoms with van der Waals surface area (Å²) in [5.41, 5.74) is 2.57. The lowest BCUT2D eigenvalue weighted by molar-refractivity contribution is 0.414. The van der Waals surface area contributed by atoms with Gasteiger partial charge in [-0.2, -0.15) is 0 Å². The smallest absolute Gasteiger partial charge is 0.128 e. The molecule has 0 aliphatic carbocycles. The second-order valence-electron chi connectivity index (χ2n) is 4.60. The summed E-state index contributed by atoms with van der Waals surface area (Å²) in [7, 11) is 1.64. The topological polar surface area (TPSA) is 21.3 Å². The van der Waals surface area contributed by atoms with Gasteiger partial charge in [0.05, 0.1) is 7.11 Å². The molecule has 2 nitrogen and oxygen atoms in total. The SMILES string of the molecule is COc1ccc(C(C)Nc2ccc(C)c(F)c2)cc1. The van der Waals surface area contributed by atoms with Crippen LogP contribution in [0.1, 0.15) is 24.1 Å². The molecule has 0 saturated heterocycles. The van der Waals surface area contributed by atoms with E-state index in [2.05, 4.69) is 5.32 Å². The quantitative estimate of drug-likeness (QED) is 0.883. The molecule has 0 spiro atoms. The Bertz CT molecular complexity index is 551. The lowest BCUT2D eigenvalue weighted by Crippen LogP contribution is -2.06. The molecule has 0 aromatic heterocycles. The number of ether oxygens (including phenoxy) is 1. The molecule has 0 heterocycles. The Balaban J connectivity index is 2.10. The Morgan fingerprint density at radius 1 is 1.11 bits per heavy atom. The van der Waals surface area contributed by atoms with Gasteiger partial charge in [-0.3, -0.25) is 0 Å². The number of nitrogens with one attached hydrogen (secondary N) is 1. The maximum Gasteiger partial charge on any atom is 0.128 e. The summed E-state index contributed by atoms with van der Waals surface area (Å²) in [6.45, 7) is 3.80. The Morgan fingerprint density at radius 3 is 2.37 bits per heavy atom. The third-order valence-corrected chi connectivity index (χ3v) is 3.17. The van der Waals surface area contributed by atoms with Gasteiger partial charge < -0.3 is 10.1 Å². The van der Waals surface area contributed by atoms with Crippen LogP contribution in [-0.4, -0.2) is 7.11 Å². The number of rotatable bonds is 4. The Hall–Kier alpha value is -2.03. The molecule has 2 aromatic carbocycles. The maximum absolute atomic E-state index is 13.5. The van der Waals surface area contributed by atoms with Gasteiger partial charge in [-0.1, -0.05) is 18.2 Å². The van der Waals surface area contributed by atoms with Crippen molar-refractivity contribution in [1.29, 1.82) is 0 Å². The fourth-order valence-corrected chi connectivity index (χ4v) is 1.91. The molecule has 0 radical (unpaired) electrons. The molecule has 0 fully saturated rings. The number of hydrogen-bond acceptors (Lipinski definition) is 2. The highest BCUT2D eigenvalue weighted by atomic mass is 19.1. The second-order valence-corrected chi connectivity index (χ2v) is 4.60. The Labute approximate surface area is 113 Å². The van der Waals surface area contributed by atoms with Crippen molar-refractivity contribution in [3.05, 3.63) is 59.4 Å². The van der Waals surface area contributed by atoms with Crippen LogP contribution >= 0.6 is 0 Å². The highest BCUT2D eigenvalue weighted by molar-refractivity contribution is 5.47. The number of anilines is 1. The molecule has 0 bridgehead atoms. The second kappa shape index (κ2) is 5.74. The van der Waals surface area contributed by atoms with Gasteiger partial charge in [-0.05, 0) is 49.2 Å². The van der Waals surface area contributed by atoms with Crippen molar-refractivity contribution in [3.63, 3.8) is 0 Å². The molecule has 0 aliphatic rings. The van der Waals surface area contributed by atoms with E-state index in [4.69, 9.17) is 4.74 Å². The summed E-state index contributed by atoms with van der Waals surface area (Å²) in [4.78, 5) is 0. The van der Waals surface area contributed by atoms with Crippen LogP contribution in [0.2, 0.25) is 0 Å². The summed E-state index contributed by atoms with van der Waals surface area (Å²) >= 11 is 0. The van der Waals surface area contributed by atoms with Crippen LogP contribution in [0, 0.1) is 12.7 Å². The van der Waals surface area contributed by atoms with Gasteiger partial charge in [-0.15, -0.1) is 0 Å². The van der Waals surface area contributed by atoms with E-state index in [1.165, 1.54) is 6.07 Å². The van der Waals surface area contributed by atoms with Crippen molar-refractivity contribution >= 4 is 5.69 Å². The minimum Gasteiger partial charge on any atom is -0.497 e. The predicted octanol–water partition coefficient (Wildman–Crippen LogP) is 4.32. The van der Waals surface area contributed by atoms with Crippen LogP contribution < -0.4 is 10.1 Å². The highest BCUT2D eigenvalue weighted by Gasteiger charge is 2.06. The largest absolute Gasteiger partial charge is 0.497 e. The molecular weight excluding hydrogens is 241 g/mol. The van der Waals surface area contributed by atoms with Crippen LogP contribution in [0.5, 0.6) is 5.75 Å². The van der Waals surface area contributed by atoms with Crippen molar-refractivity contribution in [1.82, 2.24) is 0 Å². The fourth-order valence-electron chi connectivity index (χ4n) is 1.91. The number of methoxy groups -OCH3 is 1. The van der Waals surface area contributed by atoms with Crippen LogP contribution in [0.4, 0.5) is 10.1 Å². The zero-order chi connectivity index (χ0) is 13.8. The molecule has 2 rings (SSSR count). The van der Waals surface area contributed by atoms with Crippen LogP contribution in [-0.2, 0) is 0 Å². The minimum absolute atomic E-state index is 0.105. The van der Waals surface area contributed by atoms with Crippen LogP contribution in [0.15, 0.2) is 42.5 Å². The van der Waals surface area contributed by atoms with Gasteiger partial charge in [0.2, 0.25) is 0 Å². The van der Waals surface area contributed by atoms with E-state index in [9.17, 15) is 4.39 Å². The summed E-state index contributed by atoms with van der Waals surface area (Å²) in [5.74, 6) is 0.643. The average molecular weight is 259 g/mol. The first-order valence-corrected chi connectivity index (χ1v) is 6.27. The van der Waals surface area contributed by atoms with Crippen LogP contribution in [0.25, 0.3) is 0 Å². The van der Waals surface area contributed by atoms with E-state index in [0.717, 1.165) is 17.0 Å². The van der Waals surface area contributed by atoms with Crippen molar-refractivity contribution < 1.29 is 9.13 Å². The zero-order valence-electron chi connectivity index (χ0n) is 11.4. The van der Waals surface area contributed by atoms with E-state index in [-0.39, 0.29) is 11.9 Å². The molecular formula is C16H18FNO. The molecule has 1 unspecified atom stereocenters. The minimum atomic E-state index is -0.188. The molecule has 1 N–H and O–H groups in total. The van der Waals surface area contributed by atoms with Gasteiger partial charge >= 0.3 is 0 Å². The fraction of sp³-hybridized carbons (Fsp3) is 0.250. The molecule has 0 amide bonds. The summed E-state index contributed by atoms with van der Waals surface area (Å²) < 4.78 is 18.6. The number of aryl methyl sites for hydroxylation is 1. The van der Waals surface area contributed by atoms with Crippen molar-refractivity contribution in [2.24, 2.45) is 0 Å². The van der Waals surface area contributed by atoms with Gasteiger partial charge in [-0.25, -0.2) is 4.39 Å². The van der Waals surface area contributed by atoms with Gasteiger partial charge in [0, 0.05) is 11.7 Å². The first-order chi connectivity index (χ1) is 9.10. The van der Waals surface area contributed by atoms with Gasteiger partial charge in [0.25, 0.3) is 0 Å². The first-order valence-electron chi connectivity index (χ1n) is 6.27. The van der Waals surface area contributed by atoms with Crippen molar-refractivity contribution in [3.8, 4) is 5.75 Å². The van der Waals surface area contributed by atoms with E-state index >= 15 is 0 Å². The third-order valence-electron chi connectivity index (χ3n) is 3.17. The van der Waals surface area contributed by atoms with E-state index in [1.54, 1.807) is 20.1 Å². The third kappa shape index (κ3) is 3.25. The molecule has 0 saturated carbocycles. The Kier molecular flexibility index (Phi) is 4.05. The summed E-state index contributed by atoms with van der Waals surface area (Å²) in [6, 6.07) is 13.1. The first kappa shape index (κ1) is 13.4. The lowest BCUT2D eigenvalue weighted by atomic mass is 10.1. The zero-order valence-corrected chi connectivity index (χ0v) is 11.4. The number of hydrogen-bond donors (Lipinski definition) is 1. The Morgan fingerprint density at radius 2 is 1.79 bits per heavy atom. The molecule has 3 heteroatoms. The number of benzene rings is 2. The number of halogens is 1. The van der Waals surface area contributed by atoms with Crippen molar-refractivity contribution in [2.75, 3.05) is 12.4 Å². The van der Waals surface area contributed by atoms with E-state index in [1.807, 2.05) is 37.3 Å². The normalized spacial score (nSPS) is 12.0. The standard InChI is InChI=1S/C16H18FNO/c1-11-4-7-14(10-16(11)17)18-12(2)13-5-8-15(19-3)9-6-13/h4-10,12,18H,1-3H3. The van der Waals surface area contributed by atoms with E-state index in [0.29, 0.717) is 5.56 Å². The summed E-state index contributed by atoms with van der Waals surface area (Å²) in [6.07, 6.45) is 0. The molecule has 19 heavy (non-hydrogen) atoms.